The molecule has 1 unspecified atom stereocenters. The molecule has 3 rings (SSSR count). The molecular formula is C24H33N3O3. The fourth-order valence-corrected chi connectivity index (χ4v) is 3.96. The summed E-state index contributed by atoms with van der Waals surface area (Å²) in [5.41, 5.74) is 2.17. The molecule has 0 saturated carbocycles. The minimum atomic E-state index is -0.622. The maximum atomic E-state index is 11.8. The average Bonchev–Trinajstić information content (AvgIpc) is 2.79. The molecule has 1 amide bonds. The van der Waals surface area contributed by atoms with Crippen LogP contribution in [0.1, 0.15) is 47.7 Å². The van der Waals surface area contributed by atoms with E-state index in [0.29, 0.717) is 12.0 Å². The van der Waals surface area contributed by atoms with Gasteiger partial charge in [0.2, 0.25) is 0 Å². The van der Waals surface area contributed by atoms with Crippen LogP contribution in [0.2, 0.25) is 0 Å². The third-order valence-electron chi connectivity index (χ3n) is 5.82. The zero-order chi connectivity index (χ0) is 21.3. The van der Waals surface area contributed by atoms with Gasteiger partial charge in [0, 0.05) is 38.9 Å². The lowest BCUT2D eigenvalue weighted by molar-refractivity contribution is 0.0960. The van der Waals surface area contributed by atoms with Gasteiger partial charge in [0.1, 0.15) is 5.75 Å². The fourth-order valence-electron chi connectivity index (χ4n) is 3.96. The second-order valence-electron chi connectivity index (χ2n) is 7.89. The van der Waals surface area contributed by atoms with Crippen LogP contribution in [0, 0.1) is 0 Å². The average molecular weight is 412 g/mol. The first kappa shape index (κ1) is 22.1. The number of benzene rings is 2. The highest BCUT2D eigenvalue weighted by Gasteiger charge is 2.17. The molecular weight excluding hydrogens is 378 g/mol. The van der Waals surface area contributed by atoms with E-state index in [1.54, 1.807) is 12.1 Å². The van der Waals surface area contributed by atoms with Crippen molar-refractivity contribution in [3.8, 4) is 5.75 Å². The summed E-state index contributed by atoms with van der Waals surface area (Å²) in [4.78, 5) is 16.8. The van der Waals surface area contributed by atoms with Gasteiger partial charge in [-0.2, -0.15) is 0 Å². The summed E-state index contributed by atoms with van der Waals surface area (Å²) < 4.78 is 0. The second-order valence-corrected chi connectivity index (χ2v) is 7.89. The number of aromatic hydroxyl groups is 1. The monoisotopic (exact) mass is 411 g/mol. The molecule has 6 heteroatoms. The Morgan fingerprint density at radius 3 is 2.47 bits per heavy atom. The number of carbonyl (C=O) groups excluding carboxylic acids is 1. The molecule has 6 nitrogen and oxygen atoms in total. The Balaban J connectivity index is 1.34. The number of unbranched alkanes of at least 4 members (excludes halogenated alkanes) is 2. The normalized spacial score (nSPS) is 15.7. The van der Waals surface area contributed by atoms with Crippen LogP contribution in [0.25, 0.3) is 0 Å². The van der Waals surface area contributed by atoms with Gasteiger partial charge in [-0.05, 0) is 49.2 Å². The predicted octanol–water partition coefficient (Wildman–Crippen LogP) is 3.17. The number of rotatable bonds is 9. The minimum absolute atomic E-state index is 0.0716. The van der Waals surface area contributed by atoms with Crippen LogP contribution in [0.4, 0.5) is 5.69 Å². The Bertz CT molecular complexity index is 805. The largest absolute Gasteiger partial charge is 0.507 e. The summed E-state index contributed by atoms with van der Waals surface area (Å²) in [5.74, 6) is -0.424. The highest BCUT2D eigenvalue weighted by Crippen LogP contribution is 2.25. The molecule has 0 aromatic heterocycles. The molecule has 1 fully saturated rings. The van der Waals surface area contributed by atoms with Crippen LogP contribution in [0.5, 0.6) is 5.75 Å². The van der Waals surface area contributed by atoms with Gasteiger partial charge in [-0.3, -0.25) is 9.69 Å². The van der Waals surface area contributed by atoms with Crippen molar-refractivity contribution in [3.05, 3.63) is 59.7 Å². The van der Waals surface area contributed by atoms with Crippen molar-refractivity contribution >= 4 is 11.6 Å². The van der Waals surface area contributed by atoms with E-state index in [1.165, 1.54) is 18.8 Å². The van der Waals surface area contributed by atoms with Crippen LogP contribution < -0.4 is 10.2 Å². The van der Waals surface area contributed by atoms with Gasteiger partial charge >= 0.3 is 0 Å². The van der Waals surface area contributed by atoms with Gasteiger partial charge in [0.25, 0.3) is 5.91 Å². The zero-order valence-electron chi connectivity index (χ0n) is 17.8. The lowest BCUT2D eigenvalue weighted by Gasteiger charge is -2.36. The van der Waals surface area contributed by atoms with Gasteiger partial charge in [0.05, 0.1) is 11.7 Å². The summed E-state index contributed by atoms with van der Waals surface area (Å²) in [5, 5.41) is 22.8. The number of carbonyl (C=O) groups is 1. The molecule has 30 heavy (non-hydrogen) atoms. The SMILES string of the molecule is CNC(=O)c1cc(C(O)CCCCCN2CCN(c3ccccc3)CC2)ccc1O. The summed E-state index contributed by atoms with van der Waals surface area (Å²) in [6.45, 7) is 5.41. The van der Waals surface area contributed by atoms with Crippen molar-refractivity contribution in [1.82, 2.24) is 10.2 Å². The van der Waals surface area contributed by atoms with Crippen LogP contribution >= 0.6 is 0 Å². The predicted molar refractivity (Wildman–Crippen MR) is 120 cm³/mol. The number of piperazine rings is 1. The highest BCUT2D eigenvalue weighted by molar-refractivity contribution is 5.96. The van der Waals surface area contributed by atoms with Crippen molar-refractivity contribution in [2.24, 2.45) is 0 Å². The molecule has 1 aliphatic rings. The van der Waals surface area contributed by atoms with E-state index in [-0.39, 0.29) is 17.2 Å². The third-order valence-corrected chi connectivity index (χ3v) is 5.82. The van der Waals surface area contributed by atoms with E-state index in [1.807, 2.05) is 0 Å². The fraction of sp³-hybridized carbons (Fsp3) is 0.458. The van der Waals surface area contributed by atoms with E-state index >= 15 is 0 Å². The number of nitrogens with zero attached hydrogens (tertiary/aromatic N) is 2. The Kier molecular flexibility index (Phi) is 8.11. The molecule has 1 aliphatic heterocycles. The summed E-state index contributed by atoms with van der Waals surface area (Å²) in [6.07, 6.45) is 3.15. The number of anilines is 1. The maximum Gasteiger partial charge on any atom is 0.254 e. The number of hydrogen-bond acceptors (Lipinski definition) is 5. The summed E-state index contributed by atoms with van der Waals surface area (Å²) in [7, 11) is 1.52. The van der Waals surface area contributed by atoms with Crippen LogP contribution in [0.15, 0.2) is 48.5 Å². The molecule has 2 aromatic carbocycles. The molecule has 3 N–H and O–H groups in total. The van der Waals surface area contributed by atoms with Crippen molar-refractivity contribution in [3.63, 3.8) is 0 Å². The van der Waals surface area contributed by atoms with E-state index in [9.17, 15) is 15.0 Å². The number of aliphatic hydroxyl groups excluding tert-OH is 1. The Hall–Kier alpha value is -2.57. The third kappa shape index (κ3) is 5.97. The van der Waals surface area contributed by atoms with Gasteiger partial charge in [0.15, 0.2) is 0 Å². The lowest BCUT2D eigenvalue weighted by Crippen LogP contribution is -2.46. The first-order valence-corrected chi connectivity index (χ1v) is 10.8. The number of hydrogen-bond donors (Lipinski definition) is 3. The number of nitrogens with one attached hydrogen (secondary N) is 1. The molecule has 0 radical (unpaired) electrons. The topological polar surface area (TPSA) is 76.0 Å². The number of para-hydroxylation sites is 1. The summed E-state index contributed by atoms with van der Waals surface area (Å²) in [6, 6.07) is 15.3. The van der Waals surface area contributed by atoms with E-state index in [2.05, 4.69) is 45.4 Å². The molecule has 1 saturated heterocycles. The van der Waals surface area contributed by atoms with E-state index < -0.39 is 6.10 Å². The number of amides is 1. The molecule has 0 spiro atoms. The molecule has 1 heterocycles. The van der Waals surface area contributed by atoms with Crippen molar-refractivity contribution < 1.29 is 15.0 Å². The van der Waals surface area contributed by atoms with Crippen LogP contribution in [0.3, 0.4) is 0 Å². The van der Waals surface area contributed by atoms with Crippen molar-refractivity contribution in [2.45, 2.75) is 31.8 Å². The molecule has 0 bridgehead atoms. The Morgan fingerprint density at radius 2 is 1.77 bits per heavy atom. The van der Waals surface area contributed by atoms with Gasteiger partial charge in [-0.1, -0.05) is 37.1 Å². The van der Waals surface area contributed by atoms with Gasteiger partial charge < -0.3 is 20.4 Å². The Morgan fingerprint density at radius 1 is 1.03 bits per heavy atom. The number of aliphatic hydroxyl groups is 1. The molecule has 0 aliphatic carbocycles. The second kappa shape index (κ2) is 11.0. The first-order chi connectivity index (χ1) is 14.6. The van der Waals surface area contributed by atoms with Gasteiger partial charge in [-0.25, -0.2) is 0 Å². The summed E-state index contributed by atoms with van der Waals surface area (Å²) >= 11 is 0. The molecule has 1 atom stereocenters. The van der Waals surface area contributed by atoms with Gasteiger partial charge in [-0.15, -0.1) is 0 Å². The van der Waals surface area contributed by atoms with E-state index in [0.717, 1.165) is 52.0 Å². The number of phenols is 1. The Labute approximate surface area is 179 Å². The van der Waals surface area contributed by atoms with Crippen LogP contribution in [-0.4, -0.2) is 60.8 Å². The molecule has 162 valence electrons. The first-order valence-electron chi connectivity index (χ1n) is 10.8. The highest BCUT2D eigenvalue weighted by atomic mass is 16.3. The van der Waals surface area contributed by atoms with Crippen molar-refractivity contribution in [1.29, 1.82) is 0 Å². The van der Waals surface area contributed by atoms with E-state index in [4.69, 9.17) is 0 Å². The van der Waals surface area contributed by atoms with Crippen LogP contribution in [-0.2, 0) is 0 Å². The molecule has 2 aromatic rings. The number of phenolic OH excluding ortho intramolecular Hbond substituents is 1. The minimum Gasteiger partial charge on any atom is -0.507 e. The standard InChI is InChI=1S/C24H33N3O3/c1-25-24(30)21-18-19(11-12-23(21)29)22(28)10-6-3-7-13-26-14-16-27(17-15-26)20-8-4-2-5-9-20/h2,4-5,8-9,11-12,18,22,28-29H,3,6-7,10,13-17H2,1H3,(H,25,30). The maximum absolute atomic E-state index is 11.8. The smallest absolute Gasteiger partial charge is 0.254 e. The quantitative estimate of drug-likeness (QED) is 0.553. The van der Waals surface area contributed by atoms with Crippen molar-refractivity contribution in [2.75, 3.05) is 44.7 Å². The zero-order valence-corrected chi connectivity index (χ0v) is 17.8. The lowest BCUT2D eigenvalue weighted by atomic mass is 10.00.